The quantitative estimate of drug-likeness (QED) is 0.833. The molecule has 0 aliphatic heterocycles. The molecule has 4 heteroatoms. The van der Waals surface area contributed by atoms with Crippen molar-refractivity contribution in [3.8, 4) is 0 Å². The van der Waals surface area contributed by atoms with Gasteiger partial charge in [0.1, 0.15) is 0 Å². The van der Waals surface area contributed by atoms with Crippen LogP contribution in [0.1, 0.15) is 32.3 Å². The first-order valence-corrected chi connectivity index (χ1v) is 6.69. The van der Waals surface area contributed by atoms with Crippen molar-refractivity contribution < 1.29 is 4.79 Å². The summed E-state index contributed by atoms with van der Waals surface area (Å²) in [5, 5.41) is 6.85. The van der Waals surface area contributed by atoms with Gasteiger partial charge in [-0.05, 0) is 38.1 Å². The van der Waals surface area contributed by atoms with Gasteiger partial charge in [0.2, 0.25) is 5.91 Å². The van der Waals surface area contributed by atoms with Crippen molar-refractivity contribution in [1.29, 1.82) is 0 Å². The molecule has 2 N–H and O–H groups in total. The number of halogens is 1. The van der Waals surface area contributed by atoms with Gasteiger partial charge in [0.05, 0.1) is 5.92 Å². The van der Waals surface area contributed by atoms with Gasteiger partial charge in [0.25, 0.3) is 0 Å². The number of nitrogens with one attached hydrogen (secondary N) is 2. The molecule has 1 aromatic carbocycles. The van der Waals surface area contributed by atoms with Crippen LogP contribution >= 0.6 is 11.6 Å². The van der Waals surface area contributed by atoms with Crippen molar-refractivity contribution in [3.05, 3.63) is 34.9 Å². The minimum absolute atomic E-state index is 0.0296. The molecule has 0 radical (unpaired) electrons. The van der Waals surface area contributed by atoms with E-state index in [1.165, 1.54) is 0 Å². The molecule has 1 unspecified atom stereocenters. The summed E-state index contributed by atoms with van der Waals surface area (Å²) in [6, 6.07) is 7.71. The molecule has 0 aliphatic rings. The van der Waals surface area contributed by atoms with E-state index in [2.05, 4.69) is 10.6 Å². The Balaban J connectivity index is 2.51. The Hall–Kier alpha value is -1.06. The zero-order chi connectivity index (χ0) is 13.5. The average molecular weight is 269 g/mol. The van der Waals surface area contributed by atoms with Crippen LogP contribution in [0.4, 0.5) is 0 Å². The van der Waals surface area contributed by atoms with Gasteiger partial charge in [0, 0.05) is 17.6 Å². The lowest BCUT2D eigenvalue weighted by Gasteiger charge is -2.16. The van der Waals surface area contributed by atoms with E-state index < -0.39 is 0 Å². The van der Waals surface area contributed by atoms with Crippen LogP contribution in [-0.4, -0.2) is 25.0 Å². The van der Waals surface area contributed by atoms with Gasteiger partial charge in [-0.25, -0.2) is 0 Å². The molecule has 0 aliphatic carbocycles. The summed E-state index contributed by atoms with van der Waals surface area (Å²) in [6.45, 7) is 7.53. The van der Waals surface area contributed by atoms with Crippen LogP contribution in [0, 0.1) is 0 Å². The molecule has 0 fully saturated rings. The number of hydrogen-bond acceptors (Lipinski definition) is 2. The number of rotatable bonds is 6. The fraction of sp³-hybridized carbons (Fsp3) is 0.500. The zero-order valence-corrected chi connectivity index (χ0v) is 11.9. The van der Waals surface area contributed by atoms with Crippen LogP contribution in [-0.2, 0) is 4.79 Å². The molecule has 1 amide bonds. The molecule has 0 saturated heterocycles. The molecular formula is C14H21ClN2O. The van der Waals surface area contributed by atoms with E-state index in [1.54, 1.807) is 0 Å². The van der Waals surface area contributed by atoms with Gasteiger partial charge in [-0.1, -0.05) is 30.7 Å². The lowest BCUT2D eigenvalue weighted by molar-refractivity contribution is -0.122. The second-order valence-electron chi connectivity index (χ2n) is 4.48. The minimum atomic E-state index is -0.183. The van der Waals surface area contributed by atoms with E-state index in [1.807, 2.05) is 45.0 Å². The van der Waals surface area contributed by atoms with E-state index in [-0.39, 0.29) is 17.9 Å². The summed E-state index contributed by atoms with van der Waals surface area (Å²) in [4.78, 5) is 12.0. The Morgan fingerprint density at radius 1 is 1.39 bits per heavy atom. The van der Waals surface area contributed by atoms with Gasteiger partial charge < -0.3 is 10.6 Å². The molecule has 0 bridgehead atoms. The van der Waals surface area contributed by atoms with Gasteiger partial charge >= 0.3 is 0 Å². The lowest BCUT2D eigenvalue weighted by atomic mass is 10.0. The number of likely N-dealkylation sites (N-methyl/N-ethyl adjacent to an activating group) is 1. The molecule has 3 nitrogen and oxygen atoms in total. The molecule has 0 heterocycles. The SMILES string of the molecule is CCN[C@H](C)CNC(=O)C(C)c1cccc(Cl)c1. The Labute approximate surface area is 114 Å². The predicted octanol–water partition coefficient (Wildman–Crippen LogP) is 2.56. The van der Waals surface area contributed by atoms with Crippen LogP contribution in [0.5, 0.6) is 0 Å². The van der Waals surface area contributed by atoms with Crippen molar-refractivity contribution in [2.45, 2.75) is 32.7 Å². The molecular weight excluding hydrogens is 248 g/mol. The smallest absolute Gasteiger partial charge is 0.227 e. The highest BCUT2D eigenvalue weighted by Crippen LogP contribution is 2.19. The van der Waals surface area contributed by atoms with Crippen molar-refractivity contribution in [3.63, 3.8) is 0 Å². The normalized spacial score (nSPS) is 14.0. The summed E-state index contributed by atoms with van der Waals surface area (Å²) >= 11 is 5.92. The van der Waals surface area contributed by atoms with E-state index in [0.29, 0.717) is 11.6 Å². The lowest BCUT2D eigenvalue weighted by Crippen LogP contribution is -2.40. The predicted molar refractivity (Wildman–Crippen MR) is 76.0 cm³/mol. The maximum Gasteiger partial charge on any atom is 0.227 e. The molecule has 1 aromatic rings. The van der Waals surface area contributed by atoms with Crippen LogP contribution in [0.15, 0.2) is 24.3 Å². The average Bonchev–Trinajstić information content (AvgIpc) is 2.35. The first kappa shape index (κ1) is 15.0. The highest BCUT2D eigenvalue weighted by atomic mass is 35.5. The number of carbonyl (C=O) groups is 1. The van der Waals surface area contributed by atoms with E-state index in [0.717, 1.165) is 12.1 Å². The standard InChI is InChI=1S/C14H21ClN2O/c1-4-16-10(2)9-17-14(18)11(3)12-6-5-7-13(15)8-12/h5-8,10-11,16H,4,9H2,1-3H3,(H,17,18)/t10-,11?/m1/s1. The van der Waals surface area contributed by atoms with Crippen molar-refractivity contribution in [2.24, 2.45) is 0 Å². The molecule has 0 spiro atoms. The maximum atomic E-state index is 12.0. The summed E-state index contributed by atoms with van der Waals surface area (Å²) in [7, 11) is 0. The van der Waals surface area contributed by atoms with Gasteiger partial charge in [-0.15, -0.1) is 0 Å². The van der Waals surface area contributed by atoms with Gasteiger partial charge in [-0.2, -0.15) is 0 Å². The van der Waals surface area contributed by atoms with Crippen molar-refractivity contribution in [1.82, 2.24) is 10.6 Å². The van der Waals surface area contributed by atoms with Crippen molar-refractivity contribution in [2.75, 3.05) is 13.1 Å². The monoisotopic (exact) mass is 268 g/mol. The Bertz CT molecular complexity index is 395. The Morgan fingerprint density at radius 3 is 2.72 bits per heavy atom. The van der Waals surface area contributed by atoms with E-state index in [9.17, 15) is 4.79 Å². The highest BCUT2D eigenvalue weighted by Gasteiger charge is 2.15. The second-order valence-corrected chi connectivity index (χ2v) is 4.92. The first-order chi connectivity index (χ1) is 8.54. The highest BCUT2D eigenvalue weighted by molar-refractivity contribution is 6.30. The fourth-order valence-corrected chi connectivity index (χ4v) is 1.95. The van der Waals surface area contributed by atoms with Crippen LogP contribution in [0.2, 0.25) is 5.02 Å². The minimum Gasteiger partial charge on any atom is -0.354 e. The first-order valence-electron chi connectivity index (χ1n) is 6.31. The van der Waals surface area contributed by atoms with Crippen LogP contribution in [0.25, 0.3) is 0 Å². The fourth-order valence-electron chi connectivity index (χ4n) is 1.75. The van der Waals surface area contributed by atoms with Crippen LogP contribution < -0.4 is 10.6 Å². The second kappa shape index (κ2) is 7.39. The number of amides is 1. The van der Waals surface area contributed by atoms with Crippen LogP contribution in [0.3, 0.4) is 0 Å². The van der Waals surface area contributed by atoms with Gasteiger partial charge in [0.15, 0.2) is 0 Å². The van der Waals surface area contributed by atoms with E-state index >= 15 is 0 Å². The Morgan fingerprint density at radius 2 is 2.11 bits per heavy atom. The third kappa shape index (κ3) is 4.67. The largest absolute Gasteiger partial charge is 0.354 e. The summed E-state index contributed by atoms with van der Waals surface area (Å²) < 4.78 is 0. The van der Waals surface area contributed by atoms with Crippen molar-refractivity contribution >= 4 is 17.5 Å². The number of benzene rings is 1. The number of hydrogen-bond donors (Lipinski definition) is 2. The Kier molecular flexibility index (Phi) is 6.16. The third-order valence-electron chi connectivity index (χ3n) is 2.88. The molecule has 100 valence electrons. The number of carbonyl (C=O) groups excluding carboxylic acids is 1. The molecule has 0 aromatic heterocycles. The summed E-state index contributed by atoms with van der Waals surface area (Å²) in [5.41, 5.74) is 0.941. The summed E-state index contributed by atoms with van der Waals surface area (Å²) in [6.07, 6.45) is 0. The topological polar surface area (TPSA) is 41.1 Å². The zero-order valence-electron chi connectivity index (χ0n) is 11.2. The molecule has 1 rings (SSSR count). The molecule has 18 heavy (non-hydrogen) atoms. The molecule has 0 saturated carbocycles. The van der Waals surface area contributed by atoms with Gasteiger partial charge in [-0.3, -0.25) is 4.79 Å². The maximum absolute atomic E-state index is 12.0. The third-order valence-corrected chi connectivity index (χ3v) is 3.11. The molecule has 2 atom stereocenters. The van der Waals surface area contributed by atoms with E-state index in [4.69, 9.17) is 11.6 Å². The summed E-state index contributed by atoms with van der Waals surface area (Å²) in [5.74, 6) is -0.153.